The van der Waals surface area contributed by atoms with Crippen LogP contribution in [0, 0.1) is 0 Å². The summed E-state index contributed by atoms with van der Waals surface area (Å²) in [6.45, 7) is 2.17. The molecule has 0 saturated carbocycles. The van der Waals surface area contributed by atoms with E-state index in [4.69, 9.17) is 22.1 Å². The number of nitrogen functional groups attached to an aromatic ring is 1. The number of ether oxygens (including phenoxy) is 1. The average molecular weight is 331 g/mol. The summed E-state index contributed by atoms with van der Waals surface area (Å²) >= 11 is 7.27. The molecule has 3 N–H and O–H groups in total. The smallest absolute Gasteiger partial charge is 0.315 e. The van der Waals surface area contributed by atoms with E-state index in [0.717, 1.165) is 5.75 Å². The monoisotopic (exact) mass is 330 g/mol. The van der Waals surface area contributed by atoms with Crippen LogP contribution in [0.25, 0.3) is 0 Å². The summed E-state index contributed by atoms with van der Waals surface area (Å²) in [5.74, 6) is 0.745. The summed E-state index contributed by atoms with van der Waals surface area (Å²) in [4.78, 5) is 22.8. The second-order valence-corrected chi connectivity index (χ2v) is 5.76. The van der Waals surface area contributed by atoms with Gasteiger partial charge in [-0.05, 0) is 37.3 Å². The molecule has 1 aromatic carbocycles. The number of nitrogens with two attached hydrogens (primary N) is 1. The fourth-order valence-corrected chi connectivity index (χ4v) is 2.40. The molecule has 7 heteroatoms. The van der Waals surface area contributed by atoms with Gasteiger partial charge in [-0.2, -0.15) is 11.8 Å². The lowest BCUT2D eigenvalue weighted by Gasteiger charge is -2.07. The van der Waals surface area contributed by atoms with Crippen molar-refractivity contribution in [3.05, 3.63) is 23.2 Å². The van der Waals surface area contributed by atoms with E-state index in [0.29, 0.717) is 41.6 Å². The number of thioether (sulfide) groups is 1. The van der Waals surface area contributed by atoms with Crippen LogP contribution in [0.4, 0.5) is 11.4 Å². The number of anilines is 2. The maximum Gasteiger partial charge on any atom is 0.315 e. The molecular weight excluding hydrogens is 312 g/mol. The first-order valence-corrected chi connectivity index (χ1v) is 8.14. The number of hydrogen-bond acceptors (Lipinski definition) is 5. The Labute approximate surface area is 133 Å². The highest BCUT2D eigenvalue weighted by Gasteiger charge is 2.05. The molecule has 0 saturated heterocycles. The minimum absolute atomic E-state index is 0.0894. The highest BCUT2D eigenvalue weighted by Crippen LogP contribution is 2.22. The van der Waals surface area contributed by atoms with Crippen LogP contribution in [0.3, 0.4) is 0 Å². The molecule has 0 aliphatic heterocycles. The summed E-state index contributed by atoms with van der Waals surface area (Å²) in [5, 5.41) is 3.21. The van der Waals surface area contributed by atoms with Crippen LogP contribution in [0.15, 0.2) is 18.2 Å². The van der Waals surface area contributed by atoms with E-state index in [1.54, 1.807) is 25.1 Å². The molecule has 0 spiro atoms. The van der Waals surface area contributed by atoms with E-state index in [1.807, 2.05) is 0 Å². The number of esters is 1. The van der Waals surface area contributed by atoms with Crippen molar-refractivity contribution in [3.63, 3.8) is 0 Å². The highest BCUT2D eigenvalue weighted by molar-refractivity contribution is 7.99. The Hall–Kier alpha value is -1.40. The Morgan fingerprint density at radius 1 is 1.43 bits per heavy atom. The molecule has 0 aliphatic carbocycles. The van der Waals surface area contributed by atoms with E-state index in [9.17, 15) is 9.59 Å². The first kappa shape index (κ1) is 17.7. The van der Waals surface area contributed by atoms with Crippen LogP contribution in [0.1, 0.15) is 19.8 Å². The number of rotatable bonds is 8. The molecular formula is C14H19ClN2O3S. The fraction of sp³-hybridized carbons (Fsp3) is 0.429. The largest absolute Gasteiger partial charge is 0.465 e. The first-order chi connectivity index (χ1) is 10.0. The molecule has 5 nitrogen and oxygen atoms in total. The zero-order chi connectivity index (χ0) is 15.7. The Morgan fingerprint density at radius 3 is 2.86 bits per heavy atom. The number of benzene rings is 1. The number of carbonyl (C=O) groups is 2. The van der Waals surface area contributed by atoms with Crippen LogP contribution < -0.4 is 11.1 Å². The van der Waals surface area contributed by atoms with Gasteiger partial charge in [-0.15, -0.1) is 0 Å². The zero-order valence-electron chi connectivity index (χ0n) is 11.9. The third kappa shape index (κ3) is 7.24. The SMILES string of the molecule is CCOC(=O)CSCCCC(=O)Nc1ccc(Cl)c(N)c1. The van der Waals surface area contributed by atoms with Gasteiger partial charge in [0.05, 0.1) is 23.1 Å². The van der Waals surface area contributed by atoms with Gasteiger partial charge in [0.15, 0.2) is 0 Å². The third-order valence-corrected chi connectivity index (χ3v) is 3.86. The zero-order valence-corrected chi connectivity index (χ0v) is 13.4. The fourth-order valence-electron chi connectivity index (χ4n) is 1.54. The molecule has 0 atom stereocenters. The van der Waals surface area contributed by atoms with Gasteiger partial charge >= 0.3 is 5.97 Å². The molecule has 21 heavy (non-hydrogen) atoms. The minimum Gasteiger partial charge on any atom is -0.465 e. The quantitative estimate of drug-likeness (QED) is 0.435. The average Bonchev–Trinajstić information content (AvgIpc) is 2.43. The van der Waals surface area contributed by atoms with Crippen molar-refractivity contribution in [2.75, 3.05) is 29.2 Å². The van der Waals surface area contributed by atoms with Crippen LogP contribution in [0.2, 0.25) is 5.02 Å². The molecule has 0 bridgehead atoms. The molecule has 0 aromatic heterocycles. The van der Waals surface area contributed by atoms with Crippen molar-refractivity contribution < 1.29 is 14.3 Å². The van der Waals surface area contributed by atoms with Crippen LogP contribution in [-0.2, 0) is 14.3 Å². The summed E-state index contributed by atoms with van der Waals surface area (Å²) in [6, 6.07) is 4.96. The molecule has 0 heterocycles. The van der Waals surface area contributed by atoms with Crippen molar-refractivity contribution >= 4 is 46.6 Å². The molecule has 1 amide bonds. The Kier molecular flexibility index (Phi) is 8.00. The second-order valence-electron chi connectivity index (χ2n) is 4.25. The number of hydrogen-bond donors (Lipinski definition) is 2. The van der Waals surface area contributed by atoms with Crippen molar-refractivity contribution in [1.82, 2.24) is 0 Å². The standard InChI is InChI=1S/C14H19ClN2O3S/c1-2-20-14(19)9-21-7-3-4-13(18)17-10-5-6-11(15)12(16)8-10/h5-6,8H,2-4,7,9,16H2,1H3,(H,17,18). The number of amides is 1. The number of halogens is 1. The minimum atomic E-state index is -0.219. The molecule has 0 aliphatic rings. The summed E-state index contributed by atoms with van der Waals surface area (Å²) < 4.78 is 4.81. The van der Waals surface area contributed by atoms with Crippen molar-refractivity contribution in [1.29, 1.82) is 0 Å². The van der Waals surface area contributed by atoms with E-state index in [2.05, 4.69) is 5.32 Å². The van der Waals surface area contributed by atoms with E-state index in [1.165, 1.54) is 11.8 Å². The summed E-state index contributed by atoms with van der Waals surface area (Å²) in [6.07, 6.45) is 1.08. The van der Waals surface area contributed by atoms with Gasteiger partial charge in [0, 0.05) is 12.1 Å². The predicted octanol–water partition coefficient (Wildman–Crippen LogP) is 2.94. The first-order valence-electron chi connectivity index (χ1n) is 6.61. The van der Waals surface area contributed by atoms with Crippen LogP contribution >= 0.6 is 23.4 Å². The maximum atomic E-state index is 11.7. The van der Waals surface area contributed by atoms with Gasteiger partial charge in [-0.3, -0.25) is 9.59 Å². The van der Waals surface area contributed by atoms with Gasteiger partial charge in [-0.1, -0.05) is 11.6 Å². The molecule has 0 fully saturated rings. The molecule has 0 radical (unpaired) electrons. The van der Waals surface area contributed by atoms with E-state index in [-0.39, 0.29) is 11.9 Å². The van der Waals surface area contributed by atoms with Crippen LogP contribution in [0.5, 0.6) is 0 Å². The summed E-state index contributed by atoms with van der Waals surface area (Å²) in [7, 11) is 0. The summed E-state index contributed by atoms with van der Waals surface area (Å²) in [5.41, 5.74) is 6.71. The Bertz CT molecular complexity index is 497. The van der Waals surface area contributed by atoms with Gasteiger partial charge in [0.2, 0.25) is 5.91 Å². The van der Waals surface area contributed by atoms with Gasteiger partial charge in [0.25, 0.3) is 0 Å². The highest BCUT2D eigenvalue weighted by atomic mass is 35.5. The van der Waals surface area contributed by atoms with Gasteiger partial charge < -0.3 is 15.8 Å². The van der Waals surface area contributed by atoms with Gasteiger partial charge in [-0.25, -0.2) is 0 Å². The lowest BCUT2D eigenvalue weighted by Crippen LogP contribution is -2.12. The molecule has 0 unspecified atom stereocenters. The molecule has 116 valence electrons. The van der Waals surface area contributed by atoms with Crippen molar-refractivity contribution in [3.8, 4) is 0 Å². The van der Waals surface area contributed by atoms with Crippen molar-refractivity contribution in [2.24, 2.45) is 0 Å². The lowest BCUT2D eigenvalue weighted by molar-refractivity contribution is -0.139. The molecule has 1 rings (SSSR count). The lowest BCUT2D eigenvalue weighted by atomic mass is 10.2. The normalized spacial score (nSPS) is 10.2. The molecule has 1 aromatic rings. The predicted molar refractivity (Wildman–Crippen MR) is 87.7 cm³/mol. The van der Waals surface area contributed by atoms with Gasteiger partial charge in [0.1, 0.15) is 0 Å². The number of nitrogens with one attached hydrogen (secondary N) is 1. The number of carbonyl (C=O) groups excluding carboxylic acids is 2. The van der Waals surface area contributed by atoms with E-state index >= 15 is 0 Å². The Balaban J connectivity index is 2.19. The van der Waals surface area contributed by atoms with E-state index < -0.39 is 0 Å². The van der Waals surface area contributed by atoms with Crippen molar-refractivity contribution in [2.45, 2.75) is 19.8 Å². The van der Waals surface area contributed by atoms with Crippen LogP contribution in [-0.4, -0.2) is 30.0 Å². The topological polar surface area (TPSA) is 81.4 Å². The maximum absolute atomic E-state index is 11.7. The second kappa shape index (κ2) is 9.52. The third-order valence-electron chi connectivity index (χ3n) is 2.50. The Morgan fingerprint density at radius 2 is 2.19 bits per heavy atom.